The van der Waals surface area contributed by atoms with Crippen LogP contribution in [0.3, 0.4) is 0 Å². The summed E-state index contributed by atoms with van der Waals surface area (Å²) >= 11 is 3.34. The van der Waals surface area contributed by atoms with Gasteiger partial charge in [0.15, 0.2) is 0 Å². The quantitative estimate of drug-likeness (QED) is 0.685. The highest BCUT2D eigenvalue weighted by Crippen LogP contribution is 2.27. The van der Waals surface area contributed by atoms with Crippen molar-refractivity contribution in [2.75, 3.05) is 0 Å². The number of hydrogen-bond donors (Lipinski definition) is 1. The first kappa shape index (κ1) is 11.6. The van der Waals surface area contributed by atoms with E-state index in [1.165, 1.54) is 6.07 Å². The Morgan fingerprint density at radius 1 is 1.06 bits per heavy atom. The van der Waals surface area contributed by atoms with Crippen molar-refractivity contribution in [2.45, 2.75) is 10.2 Å². The average Bonchev–Trinajstić information content (AvgIpc) is 2.26. The van der Waals surface area contributed by atoms with E-state index in [9.17, 15) is 8.42 Å². The van der Waals surface area contributed by atoms with Crippen LogP contribution in [0.2, 0.25) is 0 Å². The standard InChI is InChI=1S/C11H9BrO3S/c12-7-8-5-6-11(16(13,14)15)10-4-2-1-3-9(8)10/h1-6H,7H2,(H,13,14,15). The number of halogens is 1. The van der Waals surface area contributed by atoms with Crippen molar-refractivity contribution in [3.8, 4) is 0 Å². The van der Waals surface area contributed by atoms with Crippen LogP contribution in [0.25, 0.3) is 10.8 Å². The summed E-state index contributed by atoms with van der Waals surface area (Å²) in [6.07, 6.45) is 0. The van der Waals surface area contributed by atoms with E-state index in [1.54, 1.807) is 18.2 Å². The third kappa shape index (κ3) is 1.98. The summed E-state index contributed by atoms with van der Waals surface area (Å²) in [4.78, 5) is -0.0483. The Labute approximate surface area is 102 Å². The maximum Gasteiger partial charge on any atom is 0.295 e. The van der Waals surface area contributed by atoms with Crippen LogP contribution < -0.4 is 0 Å². The van der Waals surface area contributed by atoms with Gasteiger partial charge in [0, 0.05) is 10.7 Å². The monoisotopic (exact) mass is 300 g/mol. The molecule has 0 aliphatic rings. The van der Waals surface area contributed by atoms with Crippen LogP contribution in [0.15, 0.2) is 41.3 Å². The van der Waals surface area contributed by atoms with Crippen LogP contribution >= 0.6 is 15.9 Å². The fourth-order valence-corrected chi connectivity index (χ4v) is 2.86. The fraction of sp³-hybridized carbons (Fsp3) is 0.0909. The van der Waals surface area contributed by atoms with Crippen molar-refractivity contribution in [1.82, 2.24) is 0 Å². The third-order valence-corrected chi connectivity index (χ3v) is 3.91. The minimum absolute atomic E-state index is 0.0483. The molecule has 84 valence electrons. The molecule has 0 spiro atoms. The normalized spacial score (nSPS) is 11.9. The molecule has 0 amide bonds. The lowest BCUT2D eigenvalue weighted by Crippen LogP contribution is -1.99. The molecule has 0 heterocycles. The number of rotatable bonds is 2. The Bertz CT molecular complexity index is 635. The molecule has 2 rings (SSSR count). The predicted molar refractivity (Wildman–Crippen MR) is 66.4 cm³/mol. The Morgan fingerprint density at radius 3 is 2.25 bits per heavy atom. The van der Waals surface area contributed by atoms with E-state index >= 15 is 0 Å². The van der Waals surface area contributed by atoms with E-state index in [0.29, 0.717) is 10.7 Å². The van der Waals surface area contributed by atoms with Gasteiger partial charge in [0.1, 0.15) is 4.90 Å². The molecule has 3 nitrogen and oxygen atoms in total. The maximum atomic E-state index is 11.2. The molecule has 0 aromatic heterocycles. The summed E-state index contributed by atoms with van der Waals surface area (Å²) in [5, 5.41) is 2.01. The van der Waals surface area contributed by atoms with E-state index in [1.807, 2.05) is 12.1 Å². The van der Waals surface area contributed by atoms with Gasteiger partial charge in [-0.1, -0.05) is 46.3 Å². The first-order chi connectivity index (χ1) is 7.54. The number of hydrogen-bond acceptors (Lipinski definition) is 2. The zero-order valence-electron chi connectivity index (χ0n) is 8.22. The minimum Gasteiger partial charge on any atom is -0.282 e. The minimum atomic E-state index is -4.17. The topological polar surface area (TPSA) is 54.4 Å². The van der Waals surface area contributed by atoms with Gasteiger partial charge in [-0.15, -0.1) is 0 Å². The summed E-state index contributed by atoms with van der Waals surface area (Å²) in [7, 11) is -4.17. The van der Waals surface area contributed by atoms with Gasteiger partial charge in [-0.25, -0.2) is 0 Å². The molecule has 5 heteroatoms. The zero-order valence-corrected chi connectivity index (χ0v) is 10.6. The molecule has 0 saturated heterocycles. The molecule has 0 unspecified atom stereocenters. The summed E-state index contributed by atoms with van der Waals surface area (Å²) in [6, 6.07) is 10.2. The highest BCUT2D eigenvalue weighted by atomic mass is 79.9. The van der Waals surface area contributed by atoms with Crippen molar-refractivity contribution >= 4 is 36.8 Å². The summed E-state index contributed by atoms with van der Waals surface area (Å²) in [5.74, 6) is 0. The van der Waals surface area contributed by atoms with Crippen LogP contribution in [0.4, 0.5) is 0 Å². The summed E-state index contributed by atoms with van der Waals surface area (Å²) in [6.45, 7) is 0. The third-order valence-electron chi connectivity index (χ3n) is 2.40. The maximum absolute atomic E-state index is 11.2. The molecular weight excluding hydrogens is 292 g/mol. The second-order valence-electron chi connectivity index (χ2n) is 3.38. The van der Waals surface area contributed by atoms with E-state index in [4.69, 9.17) is 4.55 Å². The van der Waals surface area contributed by atoms with Gasteiger partial charge in [-0.2, -0.15) is 8.42 Å². The molecule has 0 aliphatic heterocycles. The van der Waals surface area contributed by atoms with Crippen LogP contribution in [-0.2, 0) is 15.4 Å². The second kappa shape index (κ2) is 4.16. The molecule has 2 aromatic rings. The van der Waals surface area contributed by atoms with Crippen molar-refractivity contribution in [2.24, 2.45) is 0 Å². The van der Waals surface area contributed by atoms with Crippen LogP contribution in [0, 0.1) is 0 Å². The Balaban J connectivity index is 2.91. The SMILES string of the molecule is O=S(=O)(O)c1ccc(CBr)c2ccccc12. The first-order valence-corrected chi connectivity index (χ1v) is 7.14. The fourth-order valence-electron chi connectivity index (χ4n) is 1.68. The lowest BCUT2D eigenvalue weighted by Gasteiger charge is -2.07. The van der Waals surface area contributed by atoms with Gasteiger partial charge in [-0.05, 0) is 17.0 Å². The predicted octanol–water partition coefficient (Wildman–Crippen LogP) is 2.98. The summed E-state index contributed by atoms with van der Waals surface area (Å²) < 4.78 is 31.5. The Kier molecular flexibility index (Phi) is 3.01. The molecule has 0 saturated carbocycles. The molecule has 1 N–H and O–H groups in total. The van der Waals surface area contributed by atoms with Crippen LogP contribution in [0.1, 0.15) is 5.56 Å². The van der Waals surface area contributed by atoms with Crippen molar-refractivity contribution in [1.29, 1.82) is 0 Å². The molecule has 2 aromatic carbocycles. The van der Waals surface area contributed by atoms with E-state index in [-0.39, 0.29) is 4.90 Å². The smallest absolute Gasteiger partial charge is 0.282 e. The number of fused-ring (bicyclic) bond motifs is 1. The van der Waals surface area contributed by atoms with Gasteiger partial charge < -0.3 is 0 Å². The van der Waals surface area contributed by atoms with Gasteiger partial charge in [0.2, 0.25) is 0 Å². The van der Waals surface area contributed by atoms with Crippen molar-refractivity contribution < 1.29 is 13.0 Å². The number of alkyl halides is 1. The lowest BCUT2D eigenvalue weighted by atomic mass is 10.1. The second-order valence-corrected chi connectivity index (χ2v) is 5.33. The van der Waals surface area contributed by atoms with Crippen molar-refractivity contribution in [3.05, 3.63) is 42.0 Å². The van der Waals surface area contributed by atoms with E-state index in [2.05, 4.69) is 15.9 Å². The molecule has 0 fully saturated rings. The van der Waals surface area contributed by atoms with Crippen molar-refractivity contribution in [3.63, 3.8) is 0 Å². The largest absolute Gasteiger partial charge is 0.295 e. The zero-order chi connectivity index (χ0) is 11.8. The summed E-state index contributed by atoms with van der Waals surface area (Å²) in [5.41, 5.74) is 0.989. The van der Waals surface area contributed by atoms with E-state index in [0.717, 1.165) is 10.9 Å². The highest BCUT2D eigenvalue weighted by Gasteiger charge is 2.14. The van der Waals surface area contributed by atoms with Gasteiger partial charge in [0.25, 0.3) is 10.1 Å². The van der Waals surface area contributed by atoms with E-state index < -0.39 is 10.1 Å². The molecular formula is C11H9BrO3S. The Hall–Kier alpha value is -0.910. The molecule has 16 heavy (non-hydrogen) atoms. The molecule has 0 aliphatic carbocycles. The van der Waals surface area contributed by atoms with Gasteiger partial charge >= 0.3 is 0 Å². The lowest BCUT2D eigenvalue weighted by molar-refractivity contribution is 0.484. The van der Waals surface area contributed by atoms with Crippen LogP contribution in [0.5, 0.6) is 0 Å². The first-order valence-electron chi connectivity index (χ1n) is 4.58. The van der Waals surface area contributed by atoms with Crippen LogP contribution in [-0.4, -0.2) is 13.0 Å². The molecule has 0 radical (unpaired) electrons. The highest BCUT2D eigenvalue weighted by molar-refractivity contribution is 9.08. The molecule has 0 bridgehead atoms. The van der Waals surface area contributed by atoms with Gasteiger partial charge in [0.05, 0.1) is 0 Å². The average molecular weight is 301 g/mol. The Morgan fingerprint density at radius 2 is 1.69 bits per heavy atom. The number of benzene rings is 2. The molecule has 0 atom stereocenters. The van der Waals surface area contributed by atoms with Gasteiger partial charge in [-0.3, -0.25) is 4.55 Å².